The van der Waals surface area contributed by atoms with E-state index in [1.165, 1.54) is 5.01 Å². The number of esters is 1. The van der Waals surface area contributed by atoms with Gasteiger partial charge in [-0.15, -0.1) is 0 Å². The summed E-state index contributed by atoms with van der Waals surface area (Å²) in [5, 5.41) is 9.98. The van der Waals surface area contributed by atoms with E-state index in [0.29, 0.717) is 19.4 Å². The number of carbonyl (C=O) groups is 2. The number of nitrogens with zero attached hydrogens (tertiary/aromatic N) is 1. The lowest BCUT2D eigenvalue weighted by molar-refractivity contribution is -0.153. The highest BCUT2D eigenvalue weighted by molar-refractivity contribution is 5.73. The van der Waals surface area contributed by atoms with Crippen LogP contribution < -0.4 is 5.43 Å². The molecule has 0 aromatic rings. The van der Waals surface area contributed by atoms with Crippen LogP contribution in [0.4, 0.5) is 4.79 Å². The van der Waals surface area contributed by atoms with Crippen molar-refractivity contribution in [3.8, 4) is 0 Å². The van der Waals surface area contributed by atoms with Gasteiger partial charge >= 0.3 is 12.1 Å². The van der Waals surface area contributed by atoms with Gasteiger partial charge in [-0.1, -0.05) is 0 Å². The van der Waals surface area contributed by atoms with Gasteiger partial charge in [0, 0.05) is 13.1 Å². The third kappa shape index (κ3) is 3.09. The maximum absolute atomic E-state index is 11.2. The second-order valence-corrected chi connectivity index (χ2v) is 3.60. The Kier molecular flexibility index (Phi) is 3.90. The van der Waals surface area contributed by atoms with Gasteiger partial charge < -0.3 is 9.84 Å². The molecule has 1 aliphatic carbocycles. The highest BCUT2D eigenvalue weighted by atomic mass is 16.5. The standard InChI is InChI=1S/C9H16N2O4/c1-3-15-8(12)6-4-7(5-6)11(2)10-9(13)14/h6-7,10H,3-5H2,1-2H3,(H,13,14). The van der Waals surface area contributed by atoms with Crippen LogP contribution in [0.2, 0.25) is 0 Å². The van der Waals surface area contributed by atoms with Crippen LogP contribution in [0.5, 0.6) is 0 Å². The van der Waals surface area contributed by atoms with Crippen LogP contribution in [-0.2, 0) is 9.53 Å². The van der Waals surface area contributed by atoms with Crippen LogP contribution in [0.1, 0.15) is 19.8 Å². The van der Waals surface area contributed by atoms with Crippen molar-refractivity contribution in [2.45, 2.75) is 25.8 Å². The van der Waals surface area contributed by atoms with Gasteiger partial charge in [-0.2, -0.15) is 0 Å². The fourth-order valence-corrected chi connectivity index (χ4v) is 1.60. The first-order valence-electron chi connectivity index (χ1n) is 4.93. The van der Waals surface area contributed by atoms with Crippen LogP contribution in [0.25, 0.3) is 0 Å². The lowest BCUT2D eigenvalue weighted by Gasteiger charge is -2.38. The molecule has 0 bridgehead atoms. The summed E-state index contributed by atoms with van der Waals surface area (Å²) < 4.78 is 4.86. The molecule has 6 nitrogen and oxygen atoms in total. The van der Waals surface area contributed by atoms with Crippen LogP contribution >= 0.6 is 0 Å². The van der Waals surface area contributed by atoms with Gasteiger partial charge in [0.2, 0.25) is 0 Å². The van der Waals surface area contributed by atoms with E-state index in [1.807, 2.05) is 0 Å². The number of hydrogen-bond donors (Lipinski definition) is 2. The normalized spacial score (nSPS) is 24.5. The predicted molar refractivity (Wildman–Crippen MR) is 52.1 cm³/mol. The number of hydrogen-bond acceptors (Lipinski definition) is 4. The van der Waals surface area contributed by atoms with Gasteiger partial charge in [0.05, 0.1) is 12.5 Å². The van der Waals surface area contributed by atoms with Gasteiger partial charge in [0.25, 0.3) is 0 Å². The third-order valence-corrected chi connectivity index (χ3v) is 2.55. The Morgan fingerprint density at radius 2 is 2.13 bits per heavy atom. The molecule has 6 heteroatoms. The summed E-state index contributed by atoms with van der Waals surface area (Å²) >= 11 is 0. The summed E-state index contributed by atoms with van der Waals surface area (Å²) in [4.78, 5) is 21.6. The highest BCUT2D eigenvalue weighted by Crippen LogP contribution is 2.31. The molecule has 86 valence electrons. The molecule has 0 aliphatic heterocycles. The number of amides is 1. The Labute approximate surface area is 88.2 Å². The van der Waals surface area contributed by atoms with E-state index in [4.69, 9.17) is 9.84 Å². The Hall–Kier alpha value is -1.30. The first-order valence-corrected chi connectivity index (χ1v) is 4.93. The van der Waals surface area contributed by atoms with E-state index in [9.17, 15) is 9.59 Å². The molecule has 2 N–H and O–H groups in total. The van der Waals surface area contributed by atoms with Crippen molar-refractivity contribution in [2.75, 3.05) is 13.7 Å². The molecule has 0 atom stereocenters. The largest absolute Gasteiger partial charge is 0.466 e. The Morgan fingerprint density at radius 3 is 2.60 bits per heavy atom. The molecule has 1 saturated carbocycles. The quantitative estimate of drug-likeness (QED) is 0.526. The van der Waals surface area contributed by atoms with Gasteiger partial charge in [-0.3, -0.25) is 10.2 Å². The summed E-state index contributed by atoms with van der Waals surface area (Å²) in [5.74, 6) is -0.259. The van der Waals surface area contributed by atoms with Gasteiger partial charge in [-0.05, 0) is 19.8 Å². The van der Waals surface area contributed by atoms with Crippen molar-refractivity contribution >= 4 is 12.1 Å². The van der Waals surface area contributed by atoms with Crippen LogP contribution in [-0.4, -0.2) is 41.9 Å². The van der Waals surface area contributed by atoms with Gasteiger partial charge in [-0.25, -0.2) is 9.80 Å². The first kappa shape index (κ1) is 11.8. The fourth-order valence-electron chi connectivity index (χ4n) is 1.60. The first-order chi connectivity index (χ1) is 7.04. The van der Waals surface area contributed by atoms with Crippen LogP contribution in [0.3, 0.4) is 0 Å². The minimum atomic E-state index is -1.09. The average molecular weight is 216 g/mol. The number of rotatable bonds is 4. The summed E-state index contributed by atoms with van der Waals surface area (Å²) in [6.45, 7) is 2.16. The fraction of sp³-hybridized carbons (Fsp3) is 0.778. The molecule has 0 spiro atoms. The molecule has 0 heterocycles. The van der Waals surface area contributed by atoms with E-state index in [1.54, 1.807) is 14.0 Å². The molecule has 0 unspecified atom stereocenters. The van der Waals surface area contributed by atoms with Crippen molar-refractivity contribution in [1.82, 2.24) is 10.4 Å². The van der Waals surface area contributed by atoms with Crippen molar-refractivity contribution in [3.05, 3.63) is 0 Å². The average Bonchev–Trinajstić information content (AvgIpc) is 1.99. The lowest BCUT2D eigenvalue weighted by atomic mass is 9.80. The smallest absolute Gasteiger partial charge is 0.419 e. The molecule has 0 radical (unpaired) electrons. The minimum absolute atomic E-state index is 0.0759. The number of nitrogens with one attached hydrogen (secondary N) is 1. The maximum Gasteiger partial charge on any atom is 0.419 e. The number of carboxylic acid groups (broad SMARTS) is 1. The summed E-state index contributed by atoms with van der Waals surface area (Å²) in [7, 11) is 1.65. The monoisotopic (exact) mass is 216 g/mol. The number of hydrazine groups is 1. The van der Waals surface area contributed by atoms with Crippen molar-refractivity contribution in [1.29, 1.82) is 0 Å². The molecule has 15 heavy (non-hydrogen) atoms. The van der Waals surface area contributed by atoms with Gasteiger partial charge in [0.15, 0.2) is 0 Å². The molecule has 0 aromatic heterocycles. The zero-order valence-electron chi connectivity index (χ0n) is 8.90. The molecule has 1 amide bonds. The molecule has 0 aromatic carbocycles. The predicted octanol–water partition coefficient (Wildman–Crippen LogP) is 0.442. The second-order valence-electron chi connectivity index (χ2n) is 3.60. The maximum atomic E-state index is 11.2. The SMILES string of the molecule is CCOC(=O)C1CC(N(C)NC(=O)O)C1. The number of carbonyl (C=O) groups excluding carboxylic acids is 1. The third-order valence-electron chi connectivity index (χ3n) is 2.55. The lowest BCUT2D eigenvalue weighted by Crippen LogP contribution is -2.52. The minimum Gasteiger partial charge on any atom is -0.466 e. The highest BCUT2D eigenvalue weighted by Gasteiger charge is 2.38. The Morgan fingerprint density at radius 1 is 1.53 bits per heavy atom. The van der Waals surface area contributed by atoms with Gasteiger partial charge in [0.1, 0.15) is 0 Å². The number of ether oxygens (including phenoxy) is 1. The van der Waals surface area contributed by atoms with Crippen LogP contribution in [0.15, 0.2) is 0 Å². The summed E-state index contributed by atoms with van der Waals surface area (Å²) in [5.41, 5.74) is 2.23. The summed E-state index contributed by atoms with van der Waals surface area (Å²) in [6.07, 6.45) is 0.211. The topological polar surface area (TPSA) is 78.9 Å². The van der Waals surface area contributed by atoms with Crippen molar-refractivity contribution < 1.29 is 19.4 Å². The van der Waals surface area contributed by atoms with E-state index < -0.39 is 6.09 Å². The van der Waals surface area contributed by atoms with Crippen molar-refractivity contribution in [2.24, 2.45) is 5.92 Å². The zero-order valence-corrected chi connectivity index (χ0v) is 8.90. The molecular formula is C9H16N2O4. The Bertz CT molecular complexity index is 250. The molecular weight excluding hydrogens is 200 g/mol. The molecule has 1 rings (SSSR count). The van der Waals surface area contributed by atoms with E-state index >= 15 is 0 Å². The Balaban J connectivity index is 2.24. The zero-order chi connectivity index (χ0) is 11.4. The summed E-state index contributed by atoms with van der Waals surface area (Å²) in [6, 6.07) is 0.0931. The van der Waals surface area contributed by atoms with E-state index in [2.05, 4.69) is 5.43 Å². The molecule has 1 aliphatic rings. The second kappa shape index (κ2) is 4.97. The van der Waals surface area contributed by atoms with Crippen molar-refractivity contribution in [3.63, 3.8) is 0 Å². The molecule has 0 saturated heterocycles. The van der Waals surface area contributed by atoms with E-state index in [-0.39, 0.29) is 17.9 Å². The van der Waals surface area contributed by atoms with Crippen LogP contribution in [0, 0.1) is 5.92 Å². The molecule has 1 fully saturated rings. The van der Waals surface area contributed by atoms with E-state index in [0.717, 1.165) is 0 Å².